The summed E-state index contributed by atoms with van der Waals surface area (Å²) in [6.07, 6.45) is 8.88. The number of amides is 2. The van der Waals surface area contributed by atoms with Gasteiger partial charge in [-0.15, -0.1) is 0 Å². The maximum atomic E-state index is 12.5. The van der Waals surface area contributed by atoms with E-state index in [-0.39, 0.29) is 11.7 Å². The number of phenolic OH excluding ortho intramolecular Hbond substituents is 1. The zero-order valence-corrected chi connectivity index (χ0v) is 21.7. The summed E-state index contributed by atoms with van der Waals surface area (Å²) in [5.41, 5.74) is 2.60. The predicted molar refractivity (Wildman–Crippen MR) is 146 cm³/mol. The first-order valence-electron chi connectivity index (χ1n) is 13.0. The van der Waals surface area contributed by atoms with Crippen LogP contribution in [-0.4, -0.2) is 61.1 Å². The Morgan fingerprint density at radius 2 is 1.78 bits per heavy atom. The summed E-state index contributed by atoms with van der Waals surface area (Å²) in [5.74, 6) is 0.160. The van der Waals surface area contributed by atoms with Gasteiger partial charge in [0.2, 0.25) is 12.3 Å². The molecule has 7 nitrogen and oxygen atoms in total. The van der Waals surface area contributed by atoms with Gasteiger partial charge >= 0.3 is 0 Å². The molecule has 8 heteroatoms. The molecule has 0 aromatic heterocycles. The van der Waals surface area contributed by atoms with Crippen LogP contribution in [0, 0.1) is 0 Å². The van der Waals surface area contributed by atoms with Gasteiger partial charge in [0.1, 0.15) is 5.75 Å². The molecule has 36 heavy (non-hydrogen) atoms. The van der Waals surface area contributed by atoms with Crippen LogP contribution in [-0.2, 0) is 22.4 Å². The number of phenols is 1. The number of carbonyl (C=O) groups excluding carboxylic acids is 2. The number of benzene rings is 2. The quantitative estimate of drug-likeness (QED) is 0.163. The van der Waals surface area contributed by atoms with E-state index in [4.69, 9.17) is 11.6 Å². The molecule has 3 rings (SSSR count). The van der Waals surface area contributed by atoms with Crippen LogP contribution in [0.25, 0.3) is 0 Å². The van der Waals surface area contributed by atoms with E-state index >= 15 is 0 Å². The SMILES string of the molecule is O=CNc1cc(CCNCCN(CCC(=O)NCCc2cccc(Cl)c2)C2CCCCC2)ccc1O. The molecule has 0 atom stereocenters. The summed E-state index contributed by atoms with van der Waals surface area (Å²) in [6, 6.07) is 13.6. The standard InChI is InChI=1S/C28H39ClN4O3/c29-24-6-4-5-22(19-24)12-15-31-28(36)13-17-33(25-7-2-1-3-8-25)18-16-30-14-11-23-9-10-27(35)26(20-23)32-21-34/h4-6,9-10,19-21,25,30,35H,1-3,7-8,11-18H2,(H,31,36)(H,32,34). The Balaban J connectivity index is 1.39. The van der Waals surface area contributed by atoms with E-state index in [1.54, 1.807) is 12.1 Å². The Morgan fingerprint density at radius 3 is 2.56 bits per heavy atom. The molecule has 0 saturated heterocycles. The first-order valence-corrected chi connectivity index (χ1v) is 13.4. The van der Waals surface area contributed by atoms with Gasteiger partial charge in [0.15, 0.2) is 0 Å². The third-order valence-electron chi connectivity index (χ3n) is 6.78. The van der Waals surface area contributed by atoms with E-state index in [9.17, 15) is 14.7 Å². The van der Waals surface area contributed by atoms with Crippen molar-refractivity contribution >= 4 is 29.6 Å². The average molecular weight is 515 g/mol. The maximum absolute atomic E-state index is 12.5. The van der Waals surface area contributed by atoms with Gasteiger partial charge in [-0.3, -0.25) is 14.5 Å². The number of hydrogen-bond acceptors (Lipinski definition) is 5. The first-order chi connectivity index (χ1) is 17.5. The van der Waals surface area contributed by atoms with Crippen LogP contribution < -0.4 is 16.0 Å². The van der Waals surface area contributed by atoms with E-state index in [1.807, 2.05) is 30.3 Å². The highest BCUT2D eigenvalue weighted by Gasteiger charge is 2.21. The summed E-state index contributed by atoms with van der Waals surface area (Å²) in [7, 11) is 0. The molecule has 2 aromatic rings. The van der Waals surface area contributed by atoms with E-state index in [1.165, 1.54) is 32.1 Å². The highest BCUT2D eigenvalue weighted by molar-refractivity contribution is 6.30. The fraction of sp³-hybridized carbons (Fsp3) is 0.500. The molecule has 0 radical (unpaired) electrons. The normalized spacial score (nSPS) is 14.1. The second-order valence-electron chi connectivity index (χ2n) is 9.42. The number of aromatic hydroxyl groups is 1. The minimum Gasteiger partial charge on any atom is -0.506 e. The van der Waals surface area contributed by atoms with Crippen LogP contribution in [0.2, 0.25) is 5.02 Å². The fourth-order valence-corrected chi connectivity index (χ4v) is 5.01. The van der Waals surface area contributed by atoms with Gasteiger partial charge < -0.3 is 21.1 Å². The summed E-state index contributed by atoms with van der Waals surface area (Å²) in [6.45, 7) is 3.95. The number of anilines is 1. The molecule has 2 aromatic carbocycles. The molecule has 4 N–H and O–H groups in total. The molecule has 1 aliphatic rings. The summed E-state index contributed by atoms with van der Waals surface area (Å²) in [4.78, 5) is 25.7. The minimum atomic E-state index is 0.0652. The third kappa shape index (κ3) is 9.80. The van der Waals surface area contributed by atoms with Gasteiger partial charge in [-0.25, -0.2) is 0 Å². The third-order valence-corrected chi connectivity index (χ3v) is 7.02. The number of halogens is 1. The zero-order chi connectivity index (χ0) is 25.6. The number of carbonyl (C=O) groups is 2. The lowest BCUT2D eigenvalue weighted by Gasteiger charge is -2.34. The van der Waals surface area contributed by atoms with Crippen molar-refractivity contribution in [1.82, 2.24) is 15.5 Å². The monoisotopic (exact) mass is 514 g/mol. The number of rotatable bonds is 15. The van der Waals surface area contributed by atoms with E-state index in [2.05, 4.69) is 20.9 Å². The molecule has 0 bridgehead atoms. The van der Waals surface area contributed by atoms with Crippen LogP contribution in [0.5, 0.6) is 5.75 Å². The molecule has 0 heterocycles. The predicted octanol–water partition coefficient (Wildman–Crippen LogP) is 4.13. The fourth-order valence-electron chi connectivity index (χ4n) is 4.79. The Kier molecular flexibility index (Phi) is 12.0. The highest BCUT2D eigenvalue weighted by Crippen LogP contribution is 2.24. The smallest absolute Gasteiger partial charge is 0.221 e. The molecule has 0 aliphatic heterocycles. The lowest BCUT2D eigenvalue weighted by molar-refractivity contribution is -0.121. The van der Waals surface area contributed by atoms with Gasteiger partial charge in [0, 0.05) is 43.7 Å². The van der Waals surface area contributed by atoms with Crippen molar-refractivity contribution in [3.8, 4) is 5.75 Å². The summed E-state index contributed by atoms with van der Waals surface area (Å²) in [5, 5.41) is 19.6. The van der Waals surface area contributed by atoms with Crippen molar-refractivity contribution in [1.29, 1.82) is 0 Å². The largest absolute Gasteiger partial charge is 0.506 e. The second kappa shape index (κ2) is 15.5. The number of hydrogen-bond donors (Lipinski definition) is 4. The highest BCUT2D eigenvalue weighted by atomic mass is 35.5. The summed E-state index contributed by atoms with van der Waals surface area (Å²) >= 11 is 6.04. The van der Waals surface area contributed by atoms with Gasteiger partial charge in [-0.2, -0.15) is 0 Å². The topological polar surface area (TPSA) is 93.7 Å². The molecular formula is C28H39ClN4O3. The lowest BCUT2D eigenvalue weighted by atomic mass is 9.94. The molecule has 2 amide bonds. The molecule has 1 fully saturated rings. The van der Waals surface area contributed by atoms with Crippen molar-refractivity contribution in [3.05, 3.63) is 58.6 Å². The van der Waals surface area contributed by atoms with Gasteiger partial charge in [-0.05, 0) is 67.6 Å². The molecule has 1 saturated carbocycles. The van der Waals surface area contributed by atoms with Crippen LogP contribution in [0.4, 0.5) is 5.69 Å². The van der Waals surface area contributed by atoms with Crippen LogP contribution >= 0.6 is 11.6 Å². The Hall–Kier alpha value is -2.61. The molecule has 196 valence electrons. The molecule has 1 aliphatic carbocycles. The van der Waals surface area contributed by atoms with Crippen molar-refractivity contribution in [2.75, 3.05) is 38.0 Å². The maximum Gasteiger partial charge on any atom is 0.221 e. The van der Waals surface area contributed by atoms with Gasteiger partial charge in [-0.1, -0.05) is 49.1 Å². The summed E-state index contributed by atoms with van der Waals surface area (Å²) < 4.78 is 0. The van der Waals surface area contributed by atoms with Crippen molar-refractivity contribution in [2.24, 2.45) is 0 Å². The van der Waals surface area contributed by atoms with Gasteiger partial charge in [0.25, 0.3) is 0 Å². The van der Waals surface area contributed by atoms with E-state index in [0.717, 1.165) is 55.2 Å². The molecule has 0 spiro atoms. The van der Waals surface area contributed by atoms with Crippen LogP contribution in [0.15, 0.2) is 42.5 Å². The Bertz CT molecular complexity index is 966. The van der Waals surface area contributed by atoms with Crippen molar-refractivity contribution < 1.29 is 14.7 Å². The zero-order valence-electron chi connectivity index (χ0n) is 21.0. The number of nitrogens with zero attached hydrogens (tertiary/aromatic N) is 1. The Labute approximate surface area is 219 Å². The lowest BCUT2D eigenvalue weighted by Crippen LogP contribution is -2.43. The average Bonchev–Trinajstić information content (AvgIpc) is 2.88. The van der Waals surface area contributed by atoms with Crippen molar-refractivity contribution in [2.45, 2.75) is 57.4 Å². The first kappa shape index (κ1) is 28.0. The van der Waals surface area contributed by atoms with E-state index in [0.29, 0.717) is 31.1 Å². The van der Waals surface area contributed by atoms with E-state index < -0.39 is 0 Å². The van der Waals surface area contributed by atoms with Crippen LogP contribution in [0.1, 0.15) is 49.7 Å². The Morgan fingerprint density at radius 1 is 1.00 bits per heavy atom. The molecule has 0 unspecified atom stereocenters. The van der Waals surface area contributed by atoms with Crippen LogP contribution in [0.3, 0.4) is 0 Å². The molecular weight excluding hydrogens is 476 g/mol. The van der Waals surface area contributed by atoms with Gasteiger partial charge in [0.05, 0.1) is 5.69 Å². The second-order valence-corrected chi connectivity index (χ2v) is 9.86. The van der Waals surface area contributed by atoms with Crippen molar-refractivity contribution in [3.63, 3.8) is 0 Å². The minimum absolute atomic E-state index is 0.0652. The number of nitrogens with one attached hydrogen (secondary N) is 3.